The summed E-state index contributed by atoms with van der Waals surface area (Å²) in [6, 6.07) is 5.69. The molecule has 0 aliphatic rings. The number of hydrogen-bond donors (Lipinski definition) is 0. The fraction of sp³-hybridized carbons (Fsp3) is 0.500. The lowest BCUT2D eigenvalue weighted by atomic mass is 9.97. The highest BCUT2D eigenvalue weighted by Gasteiger charge is 2.12. The summed E-state index contributed by atoms with van der Waals surface area (Å²) in [6.45, 7) is 8.47. The Morgan fingerprint density at radius 2 is 2.21 bits per heavy atom. The molecule has 0 amide bonds. The number of hydrogen-bond acceptors (Lipinski definition) is 3. The van der Waals surface area contributed by atoms with E-state index in [1.54, 1.807) is 13.3 Å². The number of nitrogens with zero attached hydrogens (tertiary/aromatic N) is 2. The van der Waals surface area contributed by atoms with Crippen molar-refractivity contribution >= 4 is 5.90 Å². The molecule has 0 radical (unpaired) electrons. The highest BCUT2D eigenvalue weighted by atomic mass is 16.5. The molecule has 0 aromatic carbocycles. The van der Waals surface area contributed by atoms with E-state index in [9.17, 15) is 0 Å². The average Bonchev–Trinajstić information content (AvgIpc) is 2.46. The van der Waals surface area contributed by atoms with Crippen molar-refractivity contribution in [2.75, 3.05) is 7.11 Å². The van der Waals surface area contributed by atoms with Crippen molar-refractivity contribution in [2.45, 2.75) is 39.5 Å². The molecule has 1 aromatic heterocycles. The first-order valence-electron chi connectivity index (χ1n) is 6.95. The van der Waals surface area contributed by atoms with Crippen molar-refractivity contribution in [3.05, 3.63) is 42.4 Å². The maximum atomic E-state index is 5.33. The molecule has 1 heterocycles. The van der Waals surface area contributed by atoms with Crippen LogP contribution in [0.5, 0.6) is 0 Å². The zero-order valence-electron chi connectivity index (χ0n) is 12.2. The van der Waals surface area contributed by atoms with E-state index in [2.05, 4.69) is 30.4 Å². The van der Waals surface area contributed by atoms with Crippen molar-refractivity contribution < 1.29 is 4.74 Å². The van der Waals surface area contributed by atoms with E-state index in [1.807, 2.05) is 18.2 Å². The summed E-state index contributed by atoms with van der Waals surface area (Å²) in [4.78, 5) is 8.78. The van der Waals surface area contributed by atoms with Gasteiger partial charge >= 0.3 is 0 Å². The maximum Gasteiger partial charge on any atom is 0.239 e. The maximum absolute atomic E-state index is 5.33. The minimum atomic E-state index is 0.425. The molecule has 104 valence electrons. The monoisotopic (exact) mass is 260 g/mol. The first kappa shape index (κ1) is 15.4. The fourth-order valence-corrected chi connectivity index (χ4v) is 1.98. The third kappa shape index (κ3) is 4.86. The fourth-order valence-electron chi connectivity index (χ4n) is 1.98. The Bertz CT molecular complexity index is 412. The SMILES string of the molecule is C=C(N=C(OC)c1ccccn1)[C@H](CC)CCCC. The van der Waals surface area contributed by atoms with Crippen LogP contribution in [0.4, 0.5) is 0 Å². The van der Waals surface area contributed by atoms with Gasteiger partial charge in [0.1, 0.15) is 5.69 Å². The van der Waals surface area contributed by atoms with Crippen LogP contribution in [0.3, 0.4) is 0 Å². The Morgan fingerprint density at radius 3 is 2.74 bits per heavy atom. The Balaban J connectivity index is 2.82. The third-order valence-corrected chi connectivity index (χ3v) is 3.19. The van der Waals surface area contributed by atoms with E-state index in [0.29, 0.717) is 11.8 Å². The topological polar surface area (TPSA) is 34.5 Å². The van der Waals surface area contributed by atoms with E-state index in [4.69, 9.17) is 4.74 Å². The molecule has 19 heavy (non-hydrogen) atoms. The Hall–Kier alpha value is -1.64. The molecule has 0 aliphatic heterocycles. The number of methoxy groups -OCH3 is 1. The number of aliphatic imine (C=N–C) groups is 1. The van der Waals surface area contributed by atoms with Gasteiger partial charge in [-0.25, -0.2) is 4.99 Å². The summed E-state index contributed by atoms with van der Waals surface area (Å²) in [7, 11) is 1.62. The molecule has 0 saturated carbocycles. The smallest absolute Gasteiger partial charge is 0.239 e. The van der Waals surface area contributed by atoms with Gasteiger partial charge in [0, 0.05) is 17.8 Å². The van der Waals surface area contributed by atoms with Crippen molar-refractivity contribution in [1.82, 2.24) is 4.98 Å². The molecule has 3 nitrogen and oxygen atoms in total. The highest BCUT2D eigenvalue weighted by Crippen LogP contribution is 2.22. The van der Waals surface area contributed by atoms with Crippen molar-refractivity contribution in [1.29, 1.82) is 0 Å². The van der Waals surface area contributed by atoms with Crippen LogP contribution in [0, 0.1) is 5.92 Å². The van der Waals surface area contributed by atoms with E-state index in [1.165, 1.54) is 12.8 Å². The first-order chi connectivity index (χ1) is 9.22. The van der Waals surface area contributed by atoms with Crippen LogP contribution in [0.1, 0.15) is 45.2 Å². The molecule has 0 spiro atoms. The van der Waals surface area contributed by atoms with Crippen LogP contribution in [0.25, 0.3) is 0 Å². The number of rotatable bonds is 7. The summed E-state index contributed by atoms with van der Waals surface area (Å²) in [6.07, 6.45) is 6.33. The van der Waals surface area contributed by atoms with E-state index >= 15 is 0 Å². The second-order valence-electron chi connectivity index (χ2n) is 4.57. The summed E-state index contributed by atoms with van der Waals surface area (Å²) < 4.78 is 5.33. The zero-order valence-corrected chi connectivity index (χ0v) is 12.2. The number of allylic oxidation sites excluding steroid dienone is 1. The molecule has 1 rings (SSSR count). The predicted molar refractivity (Wildman–Crippen MR) is 80.2 cm³/mol. The molecule has 0 aliphatic carbocycles. The summed E-state index contributed by atoms with van der Waals surface area (Å²) in [5, 5.41) is 0. The lowest BCUT2D eigenvalue weighted by Crippen LogP contribution is -2.09. The summed E-state index contributed by atoms with van der Waals surface area (Å²) in [5.41, 5.74) is 1.63. The van der Waals surface area contributed by atoms with Gasteiger partial charge in [-0.05, 0) is 25.0 Å². The second kappa shape index (κ2) is 8.46. The van der Waals surface area contributed by atoms with Gasteiger partial charge in [-0.1, -0.05) is 39.3 Å². The molecule has 0 N–H and O–H groups in total. The number of ether oxygens (including phenoxy) is 1. The molecule has 0 bridgehead atoms. The highest BCUT2D eigenvalue weighted by molar-refractivity contribution is 5.92. The van der Waals surface area contributed by atoms with Crippen LogP contribution in [0.2, 0.25) is 0 Å². The standard InChI is InChI=1S/C16H24N2O/c1-5-7-10-14(6-2)13(3)18-16(19-4)15-11-8-9-12-17-15/h8-9,11-12,14H,3,5-7,10H2,1-2,4H3/t14-/m1/s1. The third-order valence-electron chi connectivity index (χ3n) is 3.19. The molecule has 3 heteroatoms. The molecule has 0 fully saturated rings. The molecular weight excluding hydrogens is 236 g/mol. The predicted octanol–water partition coefficient (Wildman–Crippen LogP) is 4.20. The van der Waals surface area contributed by atoms with Crippen LogP contribution >= 0.6 is 0 Å². The van der Waals surface area contributed by atoms with Crippen LogP contribution in [-0.4, -0.2) is 18.0 Å². The molecule has 1 aromatic rings. The Labute approximate surface area is 116 Å². The molecule has 1 atom stereocenters. The molecule has 0 saturated heterocycles. The summed E-state index contributed by atoms with van der Waals surface area (Å²) in [5.74, 6) is 0.967. The van der Waals surface area contributed by atoms with Gasteiger partial charge in [0.15, 0.2) is 0 Å². The number of aromatic nitrogens is 1. The van der Waals surface area contributed by atoms with E-state index in [-0.39, 0.29) is 0 Å². The van der Waals surface area contributed by atoms with Crippen LogP contribution in [-0.2, 0) is 4.74 Å². The summed E-state index contributed by atoms with van der Waals surface area (Å²) >= 11 is 0. The lowest BCUT2D eigenvalue weighted by molar-refractivity contribution is 0.400. The van der Waals surface area contributed by atoms with Crippen LogP contribution < -0.4 is 0 Å². The normalized spacial score (nSPS) is 13.1. The average molecular weight is 260 g/mol. The lowest BCUT2D eigenvalue weighted by Gasteiger charge is -2.15. The molecule has 0 unspecified atom stereocenters. The van der Waals surface area contributed by atoms with Crippen molar-refractivity contribution in [2.24, 2.45) is 10.9 Å². The van der Waals surface area contributed by atoms with Gasteiger partial charge in [-0.2, -0.15) is 0 Å². The molecular formula is C16H24N2O. The minimum absolute atomic E-state index is 0.425. The van der Waals surface area contributed by atoms with Crippen LogP contribution in [0.15, 0.2) is 41.7 Å². The van der Waals surface area contributed by atoms with Crippen molar-refractivity contribution in [3.8, 4) is 0 Å². The first-order valence-corrected chi connectivity index (χ1v) is 6.95. The zero-order chi connectivity index (χ0) is 14.1. The quantitative estimate of drug-likeness (QED) is 0.544. The van der Waals surface area contributed by atoms with Gasteiger partial charge < -0.3 is 4.74 Å². The van der Waals surface area contributed by atoms with Gasteiger partial charge in [0.2, 0.25) is 5.90 Å². The van der Waals surface area contributed by atoms with Gasteiger partial charge in [-0.15, -0.1) is 0 Å². The largest absolute Gasteiger partial charge is 0.479 e. The van der Waals surface area contributed by atoms with Gasteiger partial charge in [-0.3, -0.25) is 4.98 Å². The van der Waals surface area contributed by atoms with E-state index < -0.39 is 0 Å². The van der Waals surface area contributed by atoms with Gasteiger partial charge in [0.05, 0.1) is 7.11 Å². The minimum Gasteiger partial charge on any atom is -0.479 e. The Kier molecular flexibility index (Phi) is 6.86. The second-order valence-corrected chi connectivity index (χ2v) is 4.57. The number of pyridine rings is 1. The Morgan fingerprint density at radius 1 is 1.42 bits per heavy atom. The van der Waals surface area contributed by atoms with E-state index in [0.717, 1.165) is 24.2 Å². The number of unbranched alkanes of at least 4 members (excludes halogenated alkanes) is 1. The van der Waals surface area contributed by atoms with Crippen molar-refractivity contribution in [3.63, 3.8) is 0 Å². The van der Waals surface area contributed by atoms with Gasteiger partial charge in [0.25, 0.3) is 0 Å².